The van der Waals surface area contributed by atoms with Gasteiger partial charge < -0.3 is 5.32 Å². The average molecular weight is 156 g/mol. The summed E-state index contributed by atoms with van der Waals surface area (Å²) < 4.78 is 0. The summed E-state index contributed by atoms with van der Waals surface area (Å²) in [4.78, 5) is 4.11. The summed E-state index contributed by atoms with van der Waals surface area (Å²) in [5.41, 5.74) is 0. The number of nitrogens with zero attached hydrogens (tertiary/aromatic N) is 1. The maximum absolute atomic E-state index is 4.11. The maximum Gasteiger partial charge on any atom is 0.182 e. The molecule has 0 aliphatic rings. The van der Waals surface area contributed by atoms with Crippen LogP contribution in [0.25, 0.3) is 0 Å². The zero-order valence-electron chi connectivity index (χ0n) is 6.29. The maximum atomic E-state index is 4.11. The highest BCUT2D eigenvalue weighted by Gasteiger charge is 1.98. The van der Waals surface area contributed by atoms with E-state index in [1.54, 1.807) is 11.3 Å². The Morgan fingerprint density at radius 3 is 3.10 bits per heavy atom. The van der Waals surface area contributed by atoms with Gasteiger partial charge in [-0.05, 0) is 13.3 Å². The highest BCUT2D eigenvalue weighted by Crippen LogP contribution is 2.12. The molecular formula is C7H12N2S. The first-order valence-electron chi connectivity index (χ1n) is 3.49. The molecule has 2 nitrogen and oxygen atoms in total. The molecule has 0 bridgehead atoms. The van der Waals surface area contributed by atoms with Gasteiger partial charge in [0, 0.05) is 17.6 Å². The van der Waals surface area contributed by atoms with E-state index < -0.39 is 0 Å². The third-order valence-electron chi connectivity index (χ3n) is 1.41. The van der Waals surface area contributed by atoms with Gasteiger partial charge in [-0.1, -0.05) is 6.92 Å². The van der Waals surface area contributed by atoms with Crippen LogP contribution in [-0.2, 0) is 0 Å². The van der Waals surface area contributed by atoms with Crippen LogP contribution in [0.3, 0.4) is 0 Å². The Balaban J connectivity index is 2.40. The molecule has 0 aliphatic carbocycles. The second kappa shape index (κ2) is 3.56. The third-order valence-corrected chi connectivity index (χ3v) is 2.12. The van der Waals surface area contributed by atoms with E-state index in [1.165, 1.54) is 0 Å². The van der Waals surface area contributed by atoms with Crippen molar-refractivity contribution < 1.29 is 0 Å². The number of nitrogens with one attached hydrogen (secondary N) is 1. The molecule has 0 saturated carbocycles. The molecule has 1 N–H and O–H groups in total. The summed E-state index contributed by atoms with van der Waals surface area (Å²) in [6, 6.07) is 0.533. The molecule has 0 radical (unpaired) electrons. The lowest BCUT2D eigenvalue weighted by atomic mass is 10.3. The van der Waals surface area contributed by atoms with Gasteiger partial charge in [0.15, 0.2) is 5.13 Å². The van der Waals surface area contributed by atoms with E-state index >= 15 is 0 Å². The lowest BCUT2D eigenvalue weighted by molar-refractivity contribution is 0.763. The van der Waals surface area contributed by atoms with E-state index in [0.29, 0.717) is 6.04 Å². The van der Waals surface area contributed by atoms with Crippen LogP contribution in [0, 0.1) is 0 Å². The fourth-order valence-electron chi connectivity index (χ4n) is 0.608. The predicted octanol–water partition coefficient (Wildman–Crippen LogP) is 2.35. The van der Waals surface area contributed by atoms with E-state index in [-0.39, 0.29) is 0 Å². The zero-order chi connectivity index (χ0) is 7.40. The number of hydrogen-bond acceptors (Lipinski definition) is 3. The fraction of sp³-hybridized carbons (Fsp3) is 0.571. The summed E-state index contributed by atoms with van der Waals surface area (Å²) in [6.07, 6.45) is 2.95. The summed E-state index contributed by atoms with van der Waals surface area (Å²) in [5, 5.41) is 6.28. The van der Waals surface area contributed by atoms with Gasteiger partial charge in [-0.2, -0.15) is 0 Å². The van der Waals surface area contributed by atoms with Crippen molar-refractivity contribution in [3.8, 4) is 0 Å². The molecule has 0 aromatic carbocycles. The smallest absolute Gasteiger partial charge is 0.182 e. The molecular weight excluding hydrogens is 144 g/mol. The van der Waals surface area contributed by atoms with Crippen LogP contribution in [0.2, 0.25) is 0 Å². The Morgan fingerprint density at radius 2 is 2.60 bits per heavy atom. The molecule has 10 heavy (non-hydrogen) atoms. The lowest BCUT2D eigenvalue weighted by Gasteiger charge is -2.08. The summed E-state index contributed by atoms with van der Waals surface area (Å²) in [5.74, 6) is 0. The molecule has 0 aliphatic heterocycles. The van der Waals surface area contributed by atoms with Crippen molar-refractivity contribution in [1.82, 2.24) is 4.98 Å². The molecule has 0 fully saturated rings. The first-order chi connectivity index (χ1) is 4.83. The van der Waals surface area contributed by atoms with Crippen molar-refractivity contribution in [2.24, 2.45) is 0 Å². The third kappa shape index (κ3) is 1.99. The van der Waals surface area contributed by atoms with Crippen molar-refractivity contribution in [2.75, 3.05) is 5.32 Å². The molecule has 56 valence electrons. The van der Waals surface area contributed by atoms with Crippen LogP contribution in [0.15, 0.2) is 11.6 Å². The molecule has 1 rings (SSSR count). The molecule has 1 unspecified atom stereocenters. The van der Waals surface area contributed by atoms with E-state index in [9.17, 15) is 0 Å². The second-order valence-electron chi connectivity index (χ2n) is 2.29. The number of thiazole rings is 1. The highest BCUT2D eigenvalue weighted by atomic mass is 32.1. The standard InChI is InChI=1S/C7H12N2S/c1-3-6(2)9-7-8-4-5-10-7/h4-6H,3H2,1-2H3,(H,8,9). The van der Waals surface area contributed by atoms with Crippen molar-refractivity contribution in [1.29, 1.82) is 0 Å². The Kier molecular flexibility index (Phi) is 2.68. The van der Waals surface area contributed by atoms with Crippen LogP contribution >= 0.6 is 11.3 Å². The molecule has 1 atom stereocenters. The Bertz CT molecular complexity index is 172. The fourth-order valence-corrected chi connectivity index (χ4v) is 1.25. The Hall–Kier alpha value is -0.570. The average Bonchev–Trinajstić information content (AvgIpc) is 2.40. The first-order valence-corrected chi connectivity index (χ1v) is 4.37. The normalized spacial score (nSPS) is 13.0. The van der Waals surface area contributed by atoms with E-state index in [4.69, 9.17) is 0 Å². The van der Waals surface area contributed by atoms with Crippen LogP contribution < -0.4 is 5.32 Å². The predicted molar refractivity (Wildman–Crippen MR) is 45.5 cm³/mol. The molecule has 3 heteroatoms. The second-order valence-corrected chi connectivity index (χ2v) is 3.19. The monoisotopic (exact) mass is 156 g/mol. The molecule has 0 amide bonds. The number of rotatable bonds is 3. The number of hydrogen-bond donors (Lipinski definition) is 1. The van der Waals surface area contributed by atoms with Gasteiger partial charge in [0.05, 0.1) is 0 Å². The minimum atomic E-state index is 0.533. The SMILES string of the molecule is CCC(C)Nc1nccs1. The molecule has 0 saturated heterocycles. The summed E-state index contributed by atoms with van der Waals surface area (Å²) >= 11 is 1.64. The van der Waals surface area contributed by atoms with Crippen LogP contribution in [0.1, 0.15) is 20.3 Å². The highest BCUT2D eigenvalue weighted by molar-refractivity contribution is 7.13. The summed E-state index contributed by atoms with van der Waals surface area (Å²) in [6.45, 7) is 4.31. The number of anilines is 1. The van der Waals surface area contributed by atoms with Gasteiger partial charge in [0.1, 0.15) is 0 Å². The van der Waals surface area contributed by atoms with Gasteiger partial charge in [-0.25, -0.2) is 4.98 Å². The topological polar surface area (TPSA) is 24.9 Å². The van der Waals surface area contributed by atoms with Crippen LogP contribution in [0.4, 0.5) is 5.13 Å². The van der Waals surface area contributed by atoms with E-state index in [2.05, 4.69) is 24.1 Å². The van der Waals surface area contributed by atoms with E-state index in [0.717, 1.165) is 11.6 Å². The quantitative estimate of drug-likeness (QED) is 0.726. The van der Waals surface area contributed by atoms with Gasteiger partial charge in [0.25, 0.3) is 0 Å². The van der Waals surface area contributed by atoms with Crippen molar-refractivity contribution in [3.05, 3.63) is 11.6 Å². The van der Waals surface area contributed by atoms with Gasteiger partial charge in [-0.15, -0.1) is 11.3 Å². The molecule has 1 aromatic rings. The minimum absolute atomic E-state index is 0.533. The molecule has 0 spiro atoms. The molecule has 1 aromatic heterocycles. The molecule has 1 heterocycles. The lowest BCUT2D eigenvalue weighted by Crippen LogP contribution is -2.12. The zero-order valence-corrected chi connectivity index (χ0v) is 7.11. The Morgan fingerprint density at radius 1 is 1.80 bits per heavy atom. The first kappa shape index (κ1) is 7.54. The van der Waals surface area contributed by atoms with Gasteiger partial charge in [-0.3, -0.25) is 0 Å². The van der Waals surface area contributed by atoms with Crippen molar-refractivity contribution in [3.63, 3.8) is 0 Å². The van der Waals surface area contributed by atoms with Crippen molar-refractivity contribution in [2.45, 2.75) is 26.3 Å². The van der Waals surface area contributed by atoms with Gasteiger partial charge in [0.2, 0.25) is 0 Å². The summed E-state index contributed by atoms with van der Waals surface area (Å²) in [7, 11) is 0. The Labute approximate surface area is 65.3 Å². The largest absolute Gasteiger partial charge is 0.359 e. The van der Waals surface area contributed by atoms with Crippen LogP contribution in [0.5, 0.6) is 0 Å². The van der Waals surface area contributed by atoms with Crippen molar-refractivity contribution >= 4 is 16.5 Å². The van der Waals surface area contributed by atoms with Gasteiger partial charge >= 0.3 is 0 Å². The minimum Gasteiger partial charge on any atom is -0.359 e. The van der Waals surface area contributed by atoms with E-state index in [1.807, 2.05) is 11.6 Å². The number of aromatic nitrogens is 1. The van der Waals surface area contributed by atoms with Crippen LogP contribution in [-0.4, -0.2) is 11.0 Å².